The van der Waals surface area contributed by atoms with Crippen molar-refractivity contribution in [3.05, 3.63) is 22.9 Å². The highest BCUT2D eigenvalue weighted by Crippen LogP contribution is 2.19. The summed E-state index contributed by atoms with van der Waals surface area (Å²) in [6.07, 6.45) is 0. The number of carbonyl (C=O) groups excluding carboxylic acids is 1. The molecule has 1 rings (SSSR count). The number of anilines is 1. The number of aromatic nitrogens is 1. The fourth-order valence-electron chi connectivity index (χ4n) is 1.96. The number of rotatable bonds is 5. The Morgan fingerprint density at radius 1 is 1.45 bits per heavy atom. The number of amides is 1. The average molecular weight is 279 g/mol. The van der Waals surface area contributed by atoms with Crippen LogP contribution in [0, 0.1) is 13.8 Å². The zero-order chi connectivity index (χ0) is 15.4. The number of nitrogens with zero attached hydrogens (tertiary/aromatic N) is 2. The van der Waals surface area contributed by atoms with Crippen molar-refractivity contribution in [2.24, 2.45) is 0 Å². The van der Waals surface area contributed by atoms with E-state index >= 15 is 0 Å². The highest BCUT2D eigenvalue weighted by atomic mass is 16.4. The minimum absolute atomic E-state index is 0.106. The molecule has 1 amide bonds. The van der Waals surface area contributed by atoms with Gasteiger partial charge in [-0.25, -0.2) is 9.78 Å². The molecule has 0 aliphatic heterocycles. The summed E-state index contributed by atoms with van der Waals surface area (Å²) in [5.41, 5.74) is 1.43. The lowest BCUT2D eigenvalue weighted by Crippen LogP contribution is -2.39. The molecule has 1 unspecified atom stereocenters. The first-order valence-electron chi connectivity index (χ1n) is 6.51. The minimum atomic E-state index is -1.05. The van der Waals surface area contributed by atoms with Crippen molar-refractivity contribution in [1.29, 1.82) is 0 Å². The number of carboxylic acid groups (broad SMARTS) is 1. The molecule has 0 saturated heterocycles. The van der Waals surface area contributed by atoms with Gasteiger partial charge in [0, 0.05) is 19.3 Å². The SMILES string of the molecule is CCN(C)C(=O)C(C)Nc1nc(C)cc(C)c1C(=O)O. The van der Waals surface area contributed by atoms with Crippen molar-refractivity contribution < 1.29 is 14.7 Å². The summed E-state index contributed by atoms with van der Waals surface area (Å²) in [5, 5.41) is 12.2. The van der Waals surface area contributed by atoms with Gasteiger partial charge < -0.3 is 15.3 Å². The van der Waals surface area contributed by atoms with E-state index in [4.69, 9.17) is 0 Å². The van der Waals surface area contributed by atoms with Crippen molar-refractivity contribution in [2.75, 3.05) is 18.9 Å². The molecule has 110 valence electrons. The van der Waals surface area contributed by atoms with E-state index in [2.05, 4.69) is 10.3 Å². The van der Waals surface area contributed by atoms with Crippen LogP contribution in [0.5, 0.6) is 0 Å². The highest BCUT2D eigenvalue weighted by Gasteiger charge is 2.21. The molecule has 0 aliphatic rings. The number of carboxylic acids is 1. The summed E-state index contributed by atoms with van der Waals surface area (Å²) in [7, 11) is 1.70. The van der Waals surface area contributed by atoms with E-state index < -0.39 is 12.0 Å². The Labute approximate surface area is 118 Å². The number of hydrogen-bond donors (Lipinski definition) is 2. The lowest BCUT2D eigenvalue weighted by Gasteiger charge is -2.22. The summed E-state index contributed by atoms with van der Waals surface area (Å²) >= 11 is 0. The largest absolute Gasteiger partial charge is 0.478 e. The van der Waals surface area contributed by atoms with Crippen LogP contribution in [0.4, 0.5) is 5.82 Å². The number of aromatic carboxylic acids is 1. The Kier molecular flexibility index (Phi) is 5.07. The van der Waals surface area contributed by atoms with Gasteiger partial charge in [0.2, 0.25) is 5.91 Å². The molecule has 0 aromatic carbocycles. The molecule has 1 aromatic heterocycles. The minimum Gasteiger partial charge on any atom is -0.478 e. The van der Waals surface area contributed by atoms with Gasteiger partial charge in [0.15, 0.2) is 0 Å². The number of likely N-dealkylation sites (N-methyl/N-ethyl adjacent to an activating group) is 1. The van der Waals surface area contributed by atoms with Crippen LogP contribution >= 0.6 is 0 Å². The third kappa shape index (κ3) is 3.46. The van der Waals surface area contributed by atoms with Gasteiger partial charge in [-0.2, -0.15) is 0 Å². The summed E-state index contributed by atoms with van der Waals surface area (Å²) in [4.78, 5) is 29.1. The maximum Gasteiger partial charge on any atom is 0.339 e. The molecule has 1 heterocycles. The smallest absolute Gasteiger partial charge is 0.339 e. The predicted octanol–water partition coefficient (Wildman–Crippen LogP) is 1.68. The number of pyridine rings is 1. The first kappa shape index (κ1) is 15.9. The Morgan fingerprint density at radius 3 is 2.55 bits per heavy atom. The number of aryl methyl sites for hydroxylation is 2. The predicted molar refractivity (Wildman–Crippen MR) is 77.1 cm³/mol. The molecule has 20 heavy (non-hydrogen) atoms. The summed E-state index contributed by atoms with van der Waals surface area (Å²) in [6.45, 7) is 7.67. The van der Waals surface area contributed by atoms with Gasteiger partial charge in [-0.1, -0.05) is 0 Å². The monoisotopic (exact) mass is 279 g/mol. The number of hydrogen-bond acceptors (Lipinski definition) is 4. The topological polar surface area (TPSA) is 82.5 Å². The van der Waals surface area contributed by atoms with Crippen LogP contribution in [0.2, 0.25) is 0 Å². The van der Waals surface area contributed by atoms with Crippen LogP contribution in [0.25, 0.3) is 0 Å². The van der Waals surface area contributed by atoms with E-state index in [9.17, 15) is 14.7 Å². The molecule has 6 nitrogen and oxygen atoms in total. The van der Waals surface area contributed by atoms with Gasteiger partial charge in [-0.3, -0.25) is 4.79 Å². The second kappa shape index (κ2) is 6.36. The summed E-state index contributed by atoms with van der Waals surface area (Å²) in [5.74, 6) is -0.925. The molecule has 1 aromatic rings. The van der Waals surface area contributed by atoms with Crippen molar-refractivity contribution in [3.8, 4) is 0 Å². The van der Waals surface area contributed by atoms with Crippen molar-refractivity contribution in [2.45, 2.75) is 33.7 Å². The van der Waals surface area contributed by atoms with Gasteiger partial charge in [0.25, 0.3) is 0 Å². The molecule has 0 bridgehead atoms. The van der Waals surface area contributed by atoms with E-state index in [0.717, 1.165) is 0 Å². The van der Waals surface area contributed by atoms with E-state index in [0.29, 0.717) is 17.8 Å². The maximum absolute atomic E-state index is 12.0. The lowest BCUT2D eigenvalue weighted by molar-refractivity contribution is -0.130. The van der Waals surface area contributed by atoms with Gasteiger partial charge >= 0.3 is 5.97 Å². The fourth-order valence-corrected chi connectivity index (χ4v) is 1.96. The van der Waals surface area contributed by atoms with E-state index in [1.165, 1.54) is 0 Å². The standard InChI is InChI=1S/C14H21N3O3/c1-6-17(5)13(18)10(4)16-12-11(14(19)20)8(2)7-9(3)15-12/h7,10H,6H2,1-5H3,(H,15,16)(H,19,20). The van der Waals surface area contributed by atoms with Crippen LogP contribution in [0.1, 0.15) is 35.5 Å². The molecular formula is C14H21N3O3. The first-order chi connectivity index (χ1) is 9.27. The second-order valence-corrected chi connectivity index (χ2v) is 4.83. The molecular weight excluding hydrogens is 258 g/mol. The Balaban J connectivity index is 3.08. The molecule has 0 saturated carbocycles. The lowest BCUT2D eigenvalue weighted by atomic mass is 10.1. The van der Waals surface area contributed by atoms with Crippen molar-refractivity contribution >= 4 is 17.7 Å². The van der Waals surface area contributed by atoms with E-state index in [1.807, 2.05) is 6.92 Å². The Bertz CT molecular complexity index is 529. The molecule has 6 heteroatoms. The van der Waals surface area contributed by atoms with Crippen molar-refractivity contribution in [3.63, 3.8) is 0 Å². The molecule has 0 aliphatic carbocycles. The molecule has 0 spiro atoms. The number of nitrogens with one attached hydrogen (secondary N) is 1. The van der Waals surface area contributed by atoms with Crippen LogP contribution in [-0.4, -0.2) is 46.5 Å². The summed E-state index contributed by atoms with van der Waals surface area (Å²) in [6, 6.07) is 1.17. The van der Waals surface area contributed by atoms with Gasteiger partial charge in [0.05, 0.1) is 0 Å². The van der Waals surface area contributed by atoms with Gasteiger partial charge in [-0.15, -0.1) is 0 Å². The highest BCUT2D eigenvalue weighted by molar-refractivity contribution is 5.96. The normalized spacial score (nSPS) is 11.8. The zero-order valence-corrected chi connectivity index (χ0v) is 12.5. The average Bonchev–Trinajstić information content (AvgIpc) is 2.35. The maximum atomic E-state index is 12.0. The third-order valence-corrected chi connectivity index (χ3v) is 3.13. The van der Waals surface area contributed by atoms with Gasteiger partial charge in [0.1, 0.15) is 17.4 Å². The van der Waals surface area contributed by atoms with Crippen LogP contribution < -0.4 is 5.32 Å². The van der Waals surface area contributed by atoms with Crippen LogP contribution in [-0.2, 0) is 4.79 Å². The third-order valence-electron chi connectivity index (χ3n) is 3.13. The Hall–Kier alpha value is -2.11. The molecule has 2 N–H and O–H groups in total. The van der Waals surface area contributed by atoms with Gasteiger partial charge in [-0.05, 0) is 39.3 Å². The van der Waals surface area contributed by atoms with E-state index in [-0.39, 0.29) is 17.3 Å². The van der Waals surface area contributed by atoms with Crippen LogP contribution in [0.3, 0.4) is 0 Å². The second-order valence-electron chi connectivity index (χ2n) is 4.83. The molecule has 0 fully saturated rings. The molecule has 1 atom stereocenters. The Morgan fingerprint density at radius 2 is 2.05 bits per heavy atom. The van der Waals surface area contributed by atoms with E-state index in [1.54, 1.807) is 38.8 Å². The first-order valence-corrected chi connectivity index (χ1v) is 6.51. The number of carbonyl (C=O) groups is 2. The van der Waals surface area contributed by atoms with Crippen LogP contribution in [0.15, 0.2) is 6.07 Å². The zero-order valence-electron chi connectivity index (χ0n) is 12.5. The van der Waals surface area contributed by atoms with Crippen molar-refractivity contribution in [1.82, 2.24) is 9.88 Å². The quantitative estimate of drug-likeness (QED) is 0.856. The fraction of sp³-hybridized carbons (Fsp3) is 0.500. The summed E-state index contributed by atoms with van der Waals surface area (Å²) < 4.78 is 0. The molecule has 0 radical (unpaired) electrons.